The van der Waals surface area contributed by atoms with Crippen LogP contribution in [-0.2, 0) is 20.7 Å². The van der Waals surface area contributed by atoms with Crippen LogP contribution in [0.3, 0.4) is 0 Å². The van der Waals surface area contributed by atoms with Gasteiger partial charge in [0.05, 0.1) is 10.7 Å². The Kier molecular flexibility index (Phi) is 7.77. The van der Waals surface area contributed by atoms with Crippen molar-refractivity contribution in [1.82, 2.24) is 5.32 Å². The van der Waals surface area contributed by atoms with Crippen molar-refractivity contribution in [2.24, 2.45) is 5.92 Å². The van der Waals surface area contributed by atoms with Gasteiger partial charge in [0.2, 0.25) is 5.91 Å². The Balaban J connectivity index is 2.86. The van der Waals surface area contributed by atoms with Crippen LogP contribution < -0.4 is 5.32 Å². The summed E-state index contributed by atoms with van der Waals surface area (Å²) in [6, 6.07) is 4.03. The fourth-order valence-corrected chi connectivity index (χ4v) is 2.57. The third kappa shape index (κ3) is 5.65. The van der Waals surface area contributed by atoms with Crippen molar-refractivity contribution in [2.45, 2.75) is 38.8 Å². The number of carbonyl (C=O) groups excluding carboxylic acids is 2. The molecule has 1 amide bonds. The van der Waals surface area contributed by atoms with Gasteiger partial charge in [-0.3, -0.25) is 4.79 Å². The lowest BCUT2D eigenvalue weighted by Gasteiger charge is -2.21. The number of hydrogen-bond donors (Lipinski definition) is 3. The van der Waals surface area contributed by atoms with E-state index in [1.54, 1.807) is 19.1 Å². The highest BCUT2D eigenvalue weighted by Gasteiger charge is 2.27. The summed E-state index contributed by atoms with van der Waals surface area (Å²) in [6.45, 7) is 3.64. The van der Waals surface area contributed by atoms with Gasteiger partial charge in [-0.2, -0.15) is 0 Å². The van der Waals surface area contributed by atoms with Crippen LogP contribution in [0.4, 0.5) is 0 Å². The van der Waals surface area contributed by atoms with Gasteiger partial charge in [-0.25, -0.2) is 4.79 Å². The second kappa shape index (κ2) is 9.07. The number of ether oxygens (including phenoxy) is 1. The topological polar surface area (TPSA) is 95.9 Å². The first-order valence-electron chi connectivity index (χ1n) is 7.33. The molecule has 0 bridgehead atoms. The Morgan fingerprint density at radius 2 is 2.04 bits per heavy atom. The highest BCUT2D eigenvalue weighted by Crippen LogP contribution is 2.21. The Bertz CT molecular complexity index is 563. The molecule has 0 saturated heterocycles. The Labute approximate surface area is 149 Å². The monoisotopic (exact) mass is 435 g/mol. The van der Waals surface area contributed by atoms with Crippen molar-refractivity contribution in [3.63, 3.8) is 0 Å². The van der Waals surface area contributed by atoms with Crippen molar-refractivity contribution in [3.8, 4) is 5.75 Å². The maximum Gasteiger partial charge on any atom is 0.328 e. The SMILES string of the molecule is CC[C@H](C)[C@H](O)C(=O)N[C@@H](Cc1ccc(O)c(I)c1)C(=O)OC. The number of aliphatic hydroxyl groups excluding tert-OH is 1. The van der Waals surface area contributed by atoms with Gasteiger partial charge in [-0.15, -0.1) is 0 Å². The number of rotatable bonds is 7. The average Bonchev–Trinajstić information content (AvgIpc) is 2.55. The zero-order valence-corrected chi connectivity index (χ0v) is 15.5. The number of nitrogens with one attached hydrogen (secondary N) is 1. The first-order chi connectivity index (χ1) is 10.8. The fraction of sp³-hybridized carbons (Fsp3) is 0.500. The molecule has 0 aliphatic carbocycles. The average molecular weight is 435 g/mol. The molecule has 23 heavy (non-hydrogen) atoms. The van der Waals surface area contributed by atoms with Gasteiger partial charge >= 0.3 is 5.97 Å². The highest BCUT2D eigenvalue weighted by atomic mass is 127. The number of amides is 1. The van der Waals surface area contributed by atoms with E-state index >= 15 is 0 Å². The van der Waals surface area contributed by atoms with Crippen LogP contribution in [0.15, 0.2) is 18.2 Å². The minimum Gasteiger partial charge on any atom is -0.507 e. The summed E-state index contributed by atoms with van der Waals surface area (Å²) in [5, 5.41) is 22.0. The number of hydrogen-bond acceptors (Lipinski definition) is 5. The minimum atomic E-state index is -1.17. The van der Waals surface area contributed by atoms with Gasteiger partial charge in [0.1, 0.15) is 17.9 Å². The molecule has 0 aliphatic rings. The third-order valence-corrected chi connectivity index (χ3v) is 4.57. The summed E-state index contributed by atoms with van der Waals surface area (Å²) < 4.78 is 5.37. The van der Waals surface area contributed by atoms with E-state index in [0.717, 1.165) is 5.56 Å². The lowest BCUT2D eigenvalue weighted by Crippen LogP contribution is -2.48. The number of halogens is 1. The molecule has 6 nitrogen and oxygen atoms in total. The van der Waals surface area contributed by atoms with E-state index in [2.05, 4.69) is 5.32 Å². The lowest BCUT2D eigenvalue weighted by atomic mass is 10.00. The summed E-state index contributed by atoms with van der Waals surface area (Å²) in [4.78, 5) is 24.0. The quantitative estimate of drug-likeness (QED) is 0.447. The van der Waals surface area contributed by atoms with Gasteiger partial charge in [-0.1, -0.05) is 26.3 Å². The first-order valence-corrected chi connectivity index (χ1v) is 8.41. The number of phenols is 1. The summed E-state index contributed by atoms with van der Waals surface area (Å²) in [7, 11) is 1.24. The normalized spacial score (nSPS) is 14.7. The summed E-state index contributed by atoms with van der Waals surface area (Å²) in [6.07, 6.45) is -0.317. The molecular formula is C16H22INO5. The van der Waals surface area contributed by atoms with Crippen molar-refractivity contribution in [2.75, 3.05) is 7.11 Å². The maximum atomic E-state index is 12.1. The molecule has 0 saturated carbocycles. The van der Waals surface area contributed by atoms with Crippen LogP contribution >= 0.6 is 22.6 Å². The molecule has 0 aromatic heterocycles. The Hall–Kier alpha value is -1.35. The number of methoxy groups -OCH3 is 1. The van der Waals surface area contributed by atoms with Gasteiger partial charge < -0.3 is 20.3 Å². The third-order valence-electron chi connectivity index (χ3n) is 3.71. The van der Waals surface area contributed by atoms with E-state index < -0.39 is 24.0 Å². The molecule has 1 aromatic rings. The highest BCUT2D eigenvalue weighted by molar-refractivity contribution is 14.1. The smallest absolute Gasteiger partial charge is 0.328 e. The van der Waals surface area contributed by atoms with Gasteiger partial charge in [-0.05, 0) is 46.2 Å². The van der Waals surface area contributed by atoms with Gasteiger partial charge in [0.25, 0.3) is 0 Å². The van der Waals surface area contributed by atoms with Crippen molar-refractivity contribution in [3.05, 3.63) is 27.3 Å². The standard InChI is InChI=1S/C16H22INO5/c1-4-9(2)14(20)15(21)18-12(16(22)23-3)8-10-5-6-13(19)11(17)7-10/h5-7,9,12,14,19-20H,4,8H2,1-3H3,(H,18,21)/t9-,12-,14-/m0/s1. The lowest BCUT2D eigenvalue weighted by molar-refractivity contribution is -0.146. The molecule has 0 unspecified atom stereocenters. The van der Waals surface area contributed by atoms with Gasteiger partial charge in [0.15, 0.2) is 0 Å². The summed E-state index contributed by atoms with van der Waals surface area (Å²) in [5.41, 5.74) is 0.765. The molecule has 0 spiro atoms. The zero-order chi connectivity index (χ0) is 17.6. The predicted molar refractivity (Wildman–Crippen MR) is 93.9 cm³/mol. The van der Waals surface area contributed by atoms with E-state index in [1.165, 1.54) is 13.2 Å². The Morgan fingerprint density at radius 1 is 1.39 bits per heavy atom. The fourth-order valence-electron chi connectivity index (χ4n) is 1.99. The molecule has 0 radical (unpaired) electrons. The van der Waals surface area contributed by atoms with Crippen molar-refractivity contribution < 1.29 is 24.5 Å². The van der Waals surface area contributed by atoms with Crippen LogP contribution in [0.2, 0.25) is 0 Å². The molecule has 1 rings (SSSR count). The number of carbonyl (C=O) groups is 2. The molecular weight excluding hydrogens is 413 g/mol. The molecule has 1 aromatic carbocycles. The van der Waals surface area contributed by atoms with Crippen LogP contribution in [0, 0.1) is 9.49 Å². The van der Waals surface area contributed by atoms with Crippen LogP contribution in [0.25, 0.3) is 0 Å². The zero-order valence-electron chi connectivity index (χ0n) is 13.4. The first kappa shape index (κ1) is 19.7. The summed E-state index contributed by atoms with van der Waals surface area (Å²) >= 11 is 1.98. The molecule has 0 fully saturated rings. The second-order valence-corrected chi connectivity index (χ2v) is 6.57. The molecule has 0 heterocycles. The van der Waals surface area contributed by atoms with E-state index in [0.29, 0.717) is 9.99 Å². The van der Waals surface area contributed by atoms with Crippen molar-refractivity contribution in [1.29, 1.82) is 0 Å². The number of benzene rings is 1. The van der Waals surface area contributed by atoms with E-state index in [4.69, 9.17) is 4.74 Å². The van der Waals surface area contributed by atoms with Crippen LogP contribution in [-0.4, -0.2) is 41.3 Å². The summed E-state index contributed by atoms with van der Waals surface area (Å²) in [5.74, 6) is -1.23. The molecule has 128 valence electrons. The second-order valence-electron chi connectivity index (χ2n) is 5.40. The molecule has 7 heteroatoms. The molecule has 3 atom stereocenters. The number of aliphatic hydroxyl groups is 1. The van der Waals surface area contributed by atoms with E-state index in [1.807, 2.05) is 29.5 Å². The maximum absolute atomic E-state index is 12.1. The molecule has 0 aliphatic heterocycles. The molecule has 3 N–H and O–H groups in total. The van der Waals surface area contributed by atoms with E-state index in [9.17, 15) is 19.8 Å². The van der Waals surface area contributed by atoms with Crippen LogP contribution in [0.1, 0.15) is 25.8 Å². The van der Waals surface area contributed by atoms with E-state index in [-0.39, 0.29) is 18.1 Å². The largest absolute Gasteiger partial charge is 0.507 e. The minimum absolute atomic E-state index is 0.153. The van der Waals surface area contributed by atoms with Crippen LogP contribution in [0.5, 0.6) is 5.75 Å². The van der Waals surface area contributed by atoms with Gasteiger partial charge in [0, 0.05) is 6.42 Å². The number of esters is 1. The number of phenolic OH excluding ortho intramolecular Hbond substituents is 1. The Morgan fingerprint density at radius 3 is 2.57 bits per heavy atom. The number of aromatic hydroxyl groups is 1. The van der Waals surface area contributed by atoms with Crippen molar-refractivity contribution >= 4 is 34.5 Å². The predicted octanol–water partition coefficient (Wildman–Crippen LogP) is 1.60.